The number of benzene rings is 1. The second-order valence-electron chi connectivity index (χ2n) is 2.93. The van der Waals surface area contributed by atoms with Crippen molar-refractivity contribution in [3.05, 3.63) is 30.3 Å². The molecule has 3 N–H and O–H groups in total. The highest BCUT2D eigenvalue weighted by Gasteiger charge is 2.32. The fourth-order valence-electron chi connectivity index (χ4n) is 1.23. The van der Waals surface area contributed by atoms with Crippen LogP contribution in [0.1, 0.15) is 13.3 Å². The van der Waals surface area contributed by atoms with E-state index in [-0.39, 0.29) is 0 Å². The second kappa shape index (κ2) is 5.05. The minimum absolute atomic E-state index is 0.521. The number of anilines is 1. The van der Waals surface area contributed by atoms with Gasteiger partial charge >= 0.3 is 8.03 Å². The molecule has 0 saturated heterocycles. The van der Waals surface area contributed by atoms with Gasteiger partial charge in [-0.3, -0.25) is 5.01 Å². The molecule has 4 nitrogen and oxygen atoms in total. The molecule has 0 heterocycles. The molecular weight excluding hydrogens is 199 g/mol. The molecule has 76 valence electrons. The van der Waals surface area contributed by atoms with E-state index in [0.717, 1.165) is 5.69 Å². The average Bonchev–Trinajstić information content (AvgIpc) is 2.19. The smallest absolute Gasteiger partial charge is 0.262 e. The van der Waals surface area contributed by atoms with Gasteiger partial charge in [0.15, 0.2) is 0 Å². The third-order valence-electron chi connectivity index (χ3n) is 2.00. The molecule has 0 aliphatic carbocycles. The van der Waals surface area contributed by atoms with E-state index in [2.05, 4.69) is 0 Å². The Kier molecular flexibility index (Phi) is 4.01. The Morgan fingerprint density at radius 3 is 2.50 bits per heavy atom. The SMILES string of the molecule is CCC(N(N)c1ccccc1)[P+](=O)O. The quantitative estimate of drug-likeness (QED) is 0.455. The zero-order valence-electron chi connectivity index (χ0n) is 8.00. The summed E-state index contributed by atoms with van der Waals surface area (Å²) in [5, 5.41) is 1.35. The van der Waals surface area contributed by atoms with Crippen LogP contribution in [-0.2, 0) is 4.57 Å². The summed E-state index contributed by atoms with van der Waals surface area (Å²) in [6, 6.07) is 9.17. The summed E-state index contributed by atoms with van der Waals surface area (Å²) in [6.45, 7) is 1.83. The van der Waals surface area contributed by atoms with Crippen molar-refractivity contribution >= 4 is 13.7 Å². The van der Waals surface area contributed by atoms with Crippen LogP contribution in [0.25, 0.3) is 0 Å². The summed E-state index contributed by atoms with van der Waals surface area (Å²) in [5.74, 6) is 5.22. The van der Waals surface area contributed by atoms with Gasteiger partial charge in [0.25, 0.3) is 5.78 Å². The number of hydrazine groups is 1. The van der Waals surface area contributed by atoms with Crippen molar-refractivity contribution in [3.8, 4) is 0 Å². The molecule has 0 aliphatic rings. The van der Waals surface area contributed by atoms with E-state index in [9.17, 15) is 4.57 Å². The summed E-state index contributed by atoms with van der Waals surface area (Å²) in [5.41, 5.74) is 0.747. The molecule has 2 atom stereocenters. The van der Waals surface area contributed by atoms with Gasteiger partial charge in [-0.15, -0.1) is 0 Å². The Balaban J connectivity index is 2.83. The van der Waals surface area contributed by atoms with Crippen molar-refractivity contribution in [1.82, 2.24) is 0 Å². The van der Waals surface area contributed by atoms with Crippen LogP contribution in [0.15, 0.2) is 30.3 Å². The predicted octanol–water partition coefficient (Wildman–Crippen LogP) is 1.84. The molecule has 1 rings (SSSR count). The molecule has 5 heteroatoms. The number of nitrogens with two attached hydrogens (primary N) is 1. The van der Waals surface area contributed by atoms with Gasteiger partial charge in [-0.05, 0) is 16.7 Å². The zero-order valence-corrected chi connectivity index (χ0v) is 8.89. The Bertz CT molecular complexity index is 305. The van der Waals surface area contributed by atoms with Crippen LogP contribution in [0.5, 0.6) is 0 Å². The molecule has 2 unspecified atom stereocenters. The van der Waals surface area contributed by atoms with E-state index in [1.165, 1.54) is 5.01 Å². The fraction of sp³-hybridized carbons (Fsp3) is 0.333. The molecule has 0 aromatic heterocycles. The van der Waals surface area contributed by atoms with Crippen molar-refractivity contribution in [2.45, 2.75) is 19.1 Å². The summed E-state index contributed by atoms with van der Waals surface area (Å²) < 4.78 is 11.0. The second-order valence-corrected chi connectivity index (χ2v) is 4.14. The van der Waals surface area contributed by atoms with E-state index < -0.39 is 13.8 Å². The third-order valence-corrected chi connectivity index (χ3v) is 3.12. The molecule has 0 bridgehead atoms. The number of nitrogens with zero attached hydrogens (tertiary/aromatic N) is 1. The molecule has 1 aromatic carbocycles. The van der Waals surface area contributed by atoms with Crippen LogP contribution in [0.3, 0.4) is 0 Å². The summed E-state index contributed by atoms with van der Waals surface area (Å²) >= 11 is 0. The molecule has 0 radical (unpaired) electrons. The highest BCUT2D eigenvalue weighted by Crippen LogP contribution is 2.29. The van der Waals surface area contributed by atoms with Crippen LogP contribution in [-0.4, -0.2) is 10.7 Å². The van der Waals surface area contributed by atoms with E-state index in [1.807, 2.05) is 37.3 Å². The first-order valence-corrected chi connectivity index (χ1v) is 5.69. The van der Waals surface area contributed by atoms with Crippen molar-refractivity contribution < 1.29 is 9.46 Å². The van der Waals surface area contributed by atoms with Crippen molar-refractivity contribution in [1.29, 1.82) is 0 Å². The first-order chi connectivity index (χ1) is 6.66. The van der Waals surface area contributed by atoms with Crippen LogP contribution < -0.4 is 10.9 Å². The molecular formula is C9H14N2O2P+. The standard InChI is InChI=1S/C9H13N2O2P/c1-2-9(14(12)13)11(10)8-6-4-3-5-7-8/h3-7,9H,2,10H2,1H3/p+1. The first-order valence-electron chi connectivity index (χ1n) is 4.41. The molecule has 0 saturated carbocycles. The molecule has 0 aliphatic heterocycles. The largest absolute Gasteiger partial charge is 0.532 e. The maximum absolute atomic E-state index is 11.0. The zero-order chi connectivity index (χ0) is 10.6. The fourth-order valence-corrected chi connectivity index (χ4v) is 1.89. The number of hydrogen-bond donors (Lipinski definition) is 2. The maximum atomic E-state index is 11.0. The van der Waals surface area contributed by atoms with Gasteiger partial charge in [0.1, 0.15) is 0 Å². The lowest BCUT2D eigenvalue weighted by Crippen LogP contribution is -2.38. The Hall–Kier alpha value is -0.960. The summed E-state index contributed by atoms with van der Waals surface area (Å²) in [4.78, 5) is 9.03. The van der Waals surface area contributed by atoms with E-state index >= 15 is 0 Å². The van der Waals surface area contributed by atoms with Crippen LogP contribution in [0.4, 0.5) is 5.69 Å². The van der Waals surface area contributed by atoms with Gasteiger partial charge in [0.05, 0.1) is 5.69 Å². The molecule has 0 amide bonds. The maximum Gasteiger partial charge on any atom is 0.532 e. The lowest BCUT2D eigenvalue weighted by molar-refractivity contribution is 0.482. The normalized spacial score (nSPS) is 13.5. The Morgan fingerprint density at radius 2 is 2.07 bits per heavy atom. The predicted molar refractivity (Wildman–Crippen MR) is 57.0 cm³/mol. The van der Waals surface area contributed by atoms with Crippen molar-refractivity contribution in [3.63, 3.8) is 0 Å². The third kappa shape index (κ3) is 2.51. The summed E-state index contributed by atoms with van der Waals surface area (Å²) in [6.07, 6.45) is 0.539. The van der Waals surface area contributed by atoms with Gasteiger partial charge in [-0.1, -0.05) is 25.1 Å². The number of para-hydroxylation sites is 1. The molecule has 0 spiro atoms. The van der Waals surface area contributed by atoms with Crippen LogP contribution in [0, 0.1) is 0 Å². The van der Waals surface area contributed by atoms with E-state index in [1.54, 1.807) is 0 Å². The molecule has 14 heavy (non-hydrogen) atoms. The topological polar surface area (TPSA) is 66.6 Å². The highest BCUT2D eigenvalue weighted by atomic mass is 31.1. The van der Waals surface area contributed by atoms with Gasteiger partial charge in [-0.2, -0.15) is 4.89 Å². The minimum Gasteiger partial charge on any atom is -0.262 e. The van der Waals surface area contributed by atoms with Gasteiger partial charge in [-0.25, -0.2) is 5.84 Å². The van der Waals surface area contributed by atoms with Crippen LogP contribution in [0.2, 0.25) is 0 Å². The Labute approximate surface area is 84.2 Å². The Morgan fingerprint density at radius 1 is 1.50 bits per heavy atom. The van der Waals surface area contributed by atoms with Crippen molar-refractivity contribution in [2.24, 2.45) is 5.84 Å². The van der Waals surface area contributed by atoms with Gasteiger partial charge in [0, 0.05) is 6.42 Å². The average molecular weight is 213 g/mol. The first kappa shape index (κ1) is 11.1. The number of hydrogen-bond acceptors (Lipinski definition) is 3. The van der Waals surface area contributed by atoms with Crippen LogP contribution >= 0.6 is 8.03 Å². The minimum atomic E-state index is -2.28. The van der Waals surface area contributed by atoms with E-state index in [0.29, 0.717) is 6.42 Å². The molecule has 0 fully saturated rings. The monoisotopic (exact) mass is 213 g/mol. The highest BCUT2D eigenvalue weighted by molar-refractivity contribution is 7.39. The summed E-state index contributed by atoms with van der Waals surface area (Å²) in [7, 11) is -2.28. The van der Waals surface area contributed by atoms with Gasteiger partial charge < -0.3 is 0 Å². The van der Waals surface area contributed by atoms with Crippen molar-refractivity contribution in [2.75, 3.05) is 5.01 Å². The molecule has 1 aromatic rings. The lowest BCUT2D eigenvalue weighted by Gasteiger charge is -2.19. The lowest BCUT2D eigenvalue weighted by atomic mass is 10.3. The van der Waals surface area contributed by atoms with Gasteiger partial charge in [0.2, 0.25) is 0 Å². The number of rotatable bonds is 4. The van der Waals surface area contributed by atoms with E-state index in [4.69, 9.17) is 10.7 Å².